The van der Waals surface area contributed by atoms with E-state index in [-0.39, 0.29) is 13.0 Å². The number of hydrogen-bond donors (Lipinski definition) is 1. The molecule has 0 aromatic carbocycles. The van der Waals surface area contributed by atoms with Crippen LogP contribution in [0.4, 0.5) is 8.78 Å². The smallest absolute Gasteiger partial charge is 0.254 e. The summed E-state index contributed by atoms with van der Waals surface area (Å²) in [5.41, 5.74) is 4.39. The van der Waals surface area contributed by atoms with Crippen LogP contribution in [0, 0.1) is 5.41 Å². The Morgan fingerprint density at radius 2 is 1.82 bits per heavy atom. The fourth-order valence-corrected chi connectivity index (χ4v) is 1.60. The first-order valence-electron chi connectivity index (χ1n) is 4.10. The summed E-state index contributed by atoms with van der Waals surface area (Å²) in [6, 6.07) is 0. The lowest BCUT2D eigenvalue weighted by molar-refractivity contribution is -0.136. The lowest BCUT2D eigenvalue weighted by Crippen LogP contribution is -2.46. The average Bonchev–Trinajstić information content (AvgIpc) is 1.95. The monoisotopic (exact) mass is 163 g/mol. The zero-order chi connectivity index (χ0) is 8.54. The Balaban J connectivity index is 2.74. The van der Waals surface area contributed by atoms with E-state index in [1.54, 1.807) is 6.92 Å². The molecule has 0 aromatic heterocycles. The second-order valence-electron chi connectivity index (χ2n) is 3.68. The third-order valence-corrected chi connectivity index (χ3v) is 2.80. The molecule has 1 saturated carbocycles. The van der Waals surface area contributed by atoms with E-state index in [9.17, 15) is 8.78 Å². The summed E-state index contributed by atoms with van der Waals surface area (Å²) in [7, 11) is 0. The highest BCUT2D eigenvalue weighted by atomic mass is 19.3. The van der Waals surface area contributed by atoms with Gasteiger partial charge in [0, 0.05) is 18.4 Å². The summed E-state index contributed by atoms with van der Waals surface area (Å²) >= 11 is 0. The molecule has 0 heterocycles. The first-order chi connectivity index (χ1) is 5.02. The normalized spacial score (nSPS) is 37.1. The van der Waals surface area contributed by atoms with Crippen molar-refractivity contribution in [2.45, 2.75) is 38.5 Å². The summed E-state index contributed by atoms with van der Waals surface area (Å²) in [4.78, 5) is 0. The summed E-state index contributed by atoms with van der Waals surface area (Å²) in [6.07, 6.45) is 2.11. The van der Waals surface area contributed by atoms with Crippen LogP contribution >= 0.6 is 0 Å². The SMILES string of the molecule is C[C@]1(CN)CCCCC1(F)F. The van der Waals surface area contributed by atoms with Crippen LogP contribution in [0.25, 0.3) is 0 Å². The van der Waals surface area contributed by atoms with Crippen LogP contribution < -0.4 is 5.73 Å². The minimum absolute atomic E-state index is 0.0146. The van der Waals surface area contributed by atoms with E-state index in [0.29, 0.717) is 12.8 Å². The Bertz CT molecular complexity index is 147. The molecular weight excluding hydrogens is 148 g/mol. The van der Waals surface area contributed by atoms with Crippen LogP contribution in [0.1, 0.15) is 32.6 Å². The van der Waals surface area contributed by atoms with Crippen molar-refractivity contribution in [2.75, 3.05) is 6.54 Å². The molecule has 1 fully saturated rings. The van der Waals surface area contributed by atoms with E-state index < -0.39 is 11.3 Å². The lowest BCUT2D eigenvalue weighted by atomic mass is 9.72. The summed E-state index contributed by atoms with van der Waals surface area (Å²) < 4.78 is 26.3. The number of nitrogens with two attached hydrogens (primary N) is 1. The van der Waals surface area contributed by atoms with Crippen molar-refractivity contribution in [1.29, 1.82) is 0 Å². The highest BCUT2D eigenvalue weighted by Gasteiger charge is 2.50. The zero-order valence-electron chi connectivity index (χ0n) is 6.87. The molecule has 0 amide bonds. The number of rotatable bonds is 1. The lowest BCUT2D eigenvalue weighted by Gasteiger charge is -2.40. The Morgan fingerprint density at radius 3 is 2.18 bits per heavy atom. The Labute approximate surface area is 66.0 Å². The van der Waals surface area contributed by atoms with Gasteiger partial charge in [0.25, 0.3) is 5.92 Å². The van der Waals surface area contributed by atoms with E-state index in [0.717, 1.165) is 6.42 Å². The number of alkyl halides is 2. The van der Waals surface area contributed by atoms with Crippen LogP contribution in [-0.4, -0.2) is 12.5 Å². The third-order valence-electron chi connectivity index (χ3n) is 2.80. The molecule has 1 aliphatic carbocycles. The highest BCUT2D eigenvalue weighted by Crippen LogP contribution is 2.46. The van der Waals surface area contributed by atoms with Crippen molar-refractivity contribution in [3.8, 4) is 0 Å². The van der Waals surface area contributed by atoms with Gasteiger partial charge in [0.05, 0.1) is 0 Å². The second kappa shape index (κ2) is 2.70. The molecule has 0 saturated heterocycles. The van der Waals surface area contributed by atoms with Crippen LogP contribution in [0.2, 0.25) is 0 Å². The maximum absolute atomic E-state index is 13.2. The van der Waals surface area contributed by atoms with Gasteiger partial charge in [-0.1, -0.05) is 13.3 Å². The van der Waals surface area contributed by atoms with Crippen LogP contribution in [0.15, 0.2) is 0 Å². The molecule has 0 radical (unpaired) electrons. The molecule has 66 valence electrons. The molecule has 0 aliphatic heterocycles. The van der Waals surface area contributed by atoms with Crippen molar-refractivity contribution in [1.82, 2.24) is 0 Å². The Hall–Kier alpha value is -0.180. The quantitative estimate of drug-likeness (QED) is 0.629. The molecule has 1 nitrogen and oxygen atoms in total. The predicted molar refractivity (Wildman–Crippen MR) is 40.6 cm³/mol. The van der Waals surface area contributed by atoms with Crippen molar-refractivity contribution < 1.29 is 8.78 Å². The topological polar surface area (TPSA) is 26.0 Å². The molecule has 11 heavy (non-hydrogen) atoms. The molecule has 0 spiro atoms. The standard InChI is InChI=1S/C8H15F2N/c1-7(6-11)4-2-3-5-8(7,9)10/h2-6,11H2,1H3/t7-/m1/s1. The van der Waals surface area contributed by atoms with Gasteiger partial charge in [0.15, 0.2) is 0 Å². The minimum Gasteiger partial charge on any atom is -0.330 e. The van der Waals surface area contributed by atoms with Crippen molar-refractivity contribution >= 4 is 0 Å². The molecule has 0 bridgehead atoms. The average molecular weight is 163 g/mol. The predicted octanol–water partition coefficient (Wildman–Crippen LogP) is 2.16. The third kappa shape index (κ3) is 1.39. The largest absolute Gasteiger partial charge is 0.330 e. The number of hydrogen-bond acceptors (Lipinski definition) is 1. The van der Waals surface area contributed by atoms with Gasteiger partial charge in [0.2, 0.25) is 0 Å². The minimum atomic E-state index is -2.54. The fourth-order valence-electron chi connectivity index (χ4n) is 1.60. The van der Waals surface area contributed by atoms with E-state index in [2.05, 4.69) is 0 Å². The maximum Gasteiger partial charge on any atom is 0.254 e. The van der Waals surface area contributed by atoms with Crippen LogP contribution in [0.5, 0.6) is 0 Å². The Morgan fingerprint density at radius 1 is 1.27 bits per heavy atom. The van der Waals surface area contributed by atoms with Gasteiger partial charge in [-0.15, -0.1) is 0 Å². The van der Waals surface area contributed by atoms with Crippen molar-refractivity contribution in [3.05, 3.63) is 0 Å². The Kier molecular flexibility index (Phi) is 2.19. The molecule has 0 unspecified atom stereocenters. The van der Waals surface area contributed by atoms with Crippen molar-refractivity contribution in [3.63, 3.8) is 0 Å². The van der Waals surface area contributed by atoms with Gasteiger partial charge in [-0.2, -0.15) is 0 Å². The fraction of sp³-hybridized carbons (Fsp3) is 1.00. The molecular formula is C8H15F2N. The van der Waals surface area contributed by atoms with Crippen LogP contribution in [-0.2, 0) is 0 Å². The van der Waals surface area contributed by atoms with Crippen molar-refractivity contribution in [2.24, 2.45) is 11.1 Å². The second-order valence-corrected chi connectivity index (χ2v) is 3.68. The molecule has 1 rings (SSSR count). The number of halogens is 2. The van der Waals surface area contributed by atoms with E-state index >= 15 is 0 Å². The summed E-state index contributed by atoms with van der Waals surface area (Å²) in [5.74, 6) is -2.54. The van der Waals surface area contributed by atoms with Crippen LogP contribution in [0.3, 0.4) is 0 Å². The van der Waals surface area contributed by atoms with Gasteiger partial charge in [-0.25, -0.2) is 8.78 Å². The molecule has 0 aromatic rings. The molecule has 1 atom stereocenters. The molecule has 1 aliphatic rings. The highest BCUT2D eigenvalue weighted by molar-refractivity contribution is 4.92. The van der Waals surface area contributed by atoms with E-state index in [4.69, 9.17) is 5.73 Å². The first kappa shape index (κ1) is 8.91. The van der Waals surface area contributed by atoms with Gasteiger partial charge in [0.1, 0.15) is 0 Å². The van der Waals surface area contributed by atoms with Gasteiger partial charge < -0.3 is 5.73 Å². The summed E-state index contributed by atoms with van der Waals surface area (Å²) in [6.45, 7) is 1.69. The maximum atomic E-state index is 13.2. The van der Waals surface area contributed by atoms with Gasteiger partial charge >= 0.3 is 0 Å². The molecule has 3 heteroatoms. The van der Waals surface area contributed by atoms with Gasteiger partial charge in [-0.05, 0) is 12.8 Å². The van der Waals surface area contributed by atoms with E-state index in [1.165, 1.54) is 0 Å². The first-order valence-corrected chi connectivity index (χ1v) is 4.10. The molecule has 2 N–H and O–H groups in total. The van der Waals surface area contributed by atoms with E-state index in [1.807, 2.05) is 0 Å². The van der Waals surface area contributed by atoms with Gasteiger partial charge in [-0.3, -0.25) is 0 Å². The summed E-state index contributed by atoms with van der Waals surface area (Å²) in [5, 5.41) is 0. The zero-order valence-corrected chi connectivity index (χ0v) is 6.87.